The van der Waals surface area contributed by atoms with Gasteiger partial charge in [-0.25, -0.2) is 9.18 Å². The highest BCUT2D eigenvalue weighted by Gasteiger charge is 2.24. The Hall–Kier alpha value is -2.97. The Bertz CT molecular complexity index is 1160. The van der Waals surface area contributed by atoms with Gasteiger partial charge in [-0.3, -0.25) is 9.59 Å². The molecular weight excluding hydrogens is 431 g/mol. The van der Waals surface area contributed by atoms with Crippen LogP contribution < -0.4 is 10.6 Å². The maximum absolute atomic E-state index is 13.4. The molecule has 2 aromatic carbocycles. The van der Waals surface area contributed by atoms with E-state index < -0.39 is 24.3 Å². The van der Waals surface area contributed by atoms with E-state index in [1.54, 1.807) is 24.3 Å². The van der Waals surface area contributed by atoms with Gasteiger partial charge in [0.15, 0.2) is 6.61 Å². The molecule has 0 bridgehead atoms. The number of thiophene rings is 1. The Morgan fingerprint density at radius 3 is 2.73 bits per heavy atom. The lowest BCUT2D eigenvalue weighted by molar-refractivity contribution is -0.119. The highest BCUT2D eigenvalue weighted by molar-refractivity contribution is 7.21. The molecule has 0 atom stereocenters. The standard InChI is InChI=1S/C21H16ClFN2O4S/c22-18-15-7-4-12(23)9-16(15)30-19(18)21(28)29-10-17(26)24-14-3-1-2-11(8-14)20(27)25-13-5-6-13/h1-4,7-9,13H,5-6,10H2,(H,24,26)(H,25,27). The van der Waals surface area contributed by atoms with Gasteiger partial charge in [0, 0.05) is 27.4 Å². The quantitative estimate of drug-likeness (QED) is 0.550. The lowest BCUT2D eigenvalue weighted by Gasteiger charge is -2.08. The zero-order valence-electron chi connectivity index (χ0n) is 15.5. The van der Waals surface area contributed by atoms with E-state index in [1.807, 2.05) is 0 Å². The second-order valence-corrected chi connectivity index (χ2v) is 8.27. The molecule has 0 unspecified atom stereocenters. The molecule has 1 fully saturated rings. The summed E-state index contributed by atoms with van der Waals surface area (Å²) in [6.07, 6.45) is 1.96. The van der Waals surface area contributed by atoms with Crippen molar-refractivity contribution in [1.82, 2.24) is 5.32 Å². The van der Waals surface area contributed by atoms with Gasteiger partial charge < -0.3 is 15.4 Å². The van der Waals surface area contributed by atoms with Crippen molar-refractivity contribution in [3.63, 3.8) is 0 Å². The molecule has 0 radical (unpaired) electrons. The third-order valence-electron chi connectivity index (χ3n) is 4.43. The summed E-state index contributed by atoms with van der Waals surface area (Å²) in [6, 6.07) is 10.7. The largest absolute Gasteiger partial charge is 0.451 e. The molecule has 154 valence electrons. The van der Waals surface area contributed by atoms with Crippen molar-refractivity contribution < 1.29 is 23.5 Å². The number of esters is 1. The van der Waals surface area contributed by atoms with Crippen LogP contribution in [0.2, 0.25) is 5.02 Å². The minimum atomic E-state index is -0.769. The predicted octanol–water partition coefficient (Wildman–Crippen LogP) is 4.38. The molecule has 2 amide bonds. The number of anilines is 1. The fourth-order valence-corrected chi connectivity index (χ4v) is 4.23. The molecule has 1 aliphatic carbocycles. The summed E-state index contributed by atoms with van der Waals surface area (Å²) in [7, 11) is 0. The molecular formula is C21H16ClFN2O4S. The van der Waals surface area contributed by atoms with Crippen LogP contribution in [-0.2, 0) is 9.53 Å². The maximum atomic E-state index is 13.4. The van der Waals surface area contributed by atoms with Crippen LogP contribution in [0.25, 0.3) is 10.1 Å². The van der Waals surface area contributed by atoms with Gasteiger partial charge in [0.05, 0.1) is 5.02 Å². The van der Waals surface area contributed by atoms with Crippen LogP contribution in [0.1, 0.15) is 32.9 Å². The van der Waals surface area contributed by atoms with Crippen molar-refractivity contribution in [2.45, 2.75) is 18.9 Å². The highest BCUT2D eigenvalue weighted by Crippen LogP contribution is 2.36. The van der Waals surface area contributed by atoms with Crippen LogP contribution >= 0.6 is 22.9 Å². The van der Waals surface area contributed by atoms with E-state index in [0.29, 0.717) is 21.3 Å². The molecule has 0 spiro atoms. The molecule has 1 aromatic heterocycles. The Balaban J connectivity index is 1.36. The molecule has 4 rings (SSSR count). The van der Waals surface area contributed by atoms with E-state index >= 15 is 0 Å². The number of rotatable bonds is 6. The molecule has 6 nitrogen and oxygen atoms in total. The molecule has 9 heteroatoms. The molecule has 2 N–H and O–H groups in total. The number of hydrogen-bond donors (Lipinski definition) is 2. The normalized spacial score (nSPS) is 13.1. The Labute approximate surface area is 180 Å². The van der Waals surface area contributed by atoms with Crippen LogP contribution in [-0.4, -0.2) is 30.4 Å². The van der Waals surface area contributed by atoms with Crippen molar-refractivity contribution in [3.05, 3.63) is 63.7 Å². The van der Waals surface area contributed by atoms with Gasteiger partial charge in [0.1, 0.15) is 10.7 Å². The minimum absolute atomic E-state index is 0.101. The maximum Gasteiger partial charge on any atom is 0.350 e. The van der Waals surface area contributed by atoms with Gasteiger partial charge in [-0.2, -0.15) is 0 Å². The van der Waals surface area contributed by atoms with Crippen molar-refractivity contribution in [2.75, 3.05) is 11.9 Å². The van der Waals surface area contributed by atoms with Gasteiger partial charge in [0.25, 0.3) is 11.8 Å². The smallest absolute Gasteiger partial charge is 0.350 e. The first kappa shape index (κ1) is 20.3. The van der Waals surface area contributed by atoms with Crippen molar-refractivity contribution in [2.24, 2.45) is 0 Å². The summed E-state index contributed by atoms with van der Waals surface area (Å²) in [5, 5.41) is 6.16. The van der Waals surface area contributed by atoms with Gasteiger partial charge in [0.2, 0.25) is 0 Å². The summed E-state index contributed by atoms with van der Waals surface area (Å²) < 4.78 is 18.9. The highest BCUT2D eigenvalue weighted by atomic mass is 35.5. The van der Waals surface area contributed by atoms with Gasteiger partial charge in [-0.15, -0.1) is 11.3 Å². The number of amides is 2. The first-order valence-corrected chi connectivity index (χ1v) is 10.4. The molecule has 1 aliphatic rings. The van der Waals surface area contributed by atoms with Gasteiger partial charge in [-0.1, -0.05) is 17.7 Å². The van der Waals surface area contributed by atoms with E-state index in [-0.39, 0.29) is 21.8 Å². The van der Waals surface area contributed by atoms with E-state index in [4.69, 9.17) is 16.3 Å². The summed E-state index contributed by atoms with van der Waals surface area (Å²) in [6.45, 7) is -0.531. The fourth-order valence-electron chi connectivity index (χ4n) is 2.80. The third-order valence-corrected chi connectivity index (χ3v) is 6.07. The number of fused-ring (bicyclic) bond motifs is 1. The van der Waals surface area contributed by atoms with Gasteiger partial charge in [-0.05, 0) is 49.2 Å². The van der Waals surface area contributed by atoms with Crippen molar-refractivity contribution >= 4 is 56.5 Å². The molecule has 1 heterocycles. The number of benzene rings is 2. The first-order chi connectivity index (χ1) is 14.4. The SMILES string of the molecule is O=C(COC(=O)c1sc2cc(F)ccc2c1Cl)Nc1cccc(C(=O)NC2CC2)c1. The summed E-state index contributed by atoms with van der Waals surface area (Å²) in [5.74, 6) is -1.97. The molecule has 30 heavy (non-hydrogen) atoms. The molecule has 3 aromatic rings. The van der Waals surface area contributed by atoms with E-state index in [0.717, 1.165) is 24.2 Å². The number of ether oxygens (including phenoxy) is 1. The second kappa shape index (κ2) is 8.41. The van der Waals surface area contributed by atoms with Crippen LogP contribution in [0, 0.1) is 5.82 Å². The van der Waals surface area contributed by atoms with Crippen LogP contribution in [0.5, 0.6) is 0 Å². The number of carbonyl (C=O) groups is 3. The fraction of sp³-hybridized carbons (Fsp3) is 0.190. The Kier molecular flexibility index (Phi) is 5.69. The molecule has 0 saturated heterocycles. The van der Waals surface area contributed by atoms with Crippen molar-refractivity contribution in [1.29, 1.82) is 0 Å². The lowest BCUT2D eigenvalue weighted by atomic mass is 10.2. The minimum Gasteiger partial charge on any atom is -0.451 e. The summed E-state index contributed by atoms with van der Waals surface area (Å²) in [5.41, 5.74) is 0.843. The number of halogens is 2. The summed E-state index contributed by atoms with van der Waals surface area (Å²) in [4.78, 5) is 36.7. The summed E-state index contributed by atoms with van der Waals surface area (Å²) >= 11 is 7.18. The third kappa shape index (κ3) is 4.60. The van der Waals surface area contributed by atoms with Gasteiger partial charge >= 0.3 is 5.97 Å². The number of nitrogens with one attached hydrogen (secondary N) is 2. The predicted molar refractivity (Wildman–Crippen MR) is 113 cm³/mol. The van der Waals surface area contributed by atoms with Crippen LogP contribution in [0.4, 0.5) is 10.1 Å². The average Bonchev–Trinajstić information content (AvgIpc) is 3.48. The van der Waals surface area contributed by atoms with E-state index in [9.17, 15) is 18.8 Å². The van der Waals surface area contributed by atoms with Crippen LogP contribution in [0.15, 0.2) is 42.5 Å². The Morgan fingerprint density at radius 2 is 1.97 bits per heavy atom. The van der Waals surface area contributed by atoms with Crippen LogP contribution in [0.3, 0.4) is 0 Å². The molecule has 1 saturated carbocycles. The van der Waals surface area contributed by atoms with E-state index in [1.165, 1.54) is 18.2 Å². The zero-order chi connectivity index (χ0) is 21.3. The number of carbonyl (C=O) groups excluding carboxylic acids is 3. The first-order valence-electron chi connectivity index (χ1n) is 9.16. The van der Waals surface area contributed by atoms with E-state index in [2.05, 4.69) is 10.6 Å². The zero-order valence-corrected chi connectivity index (χ0v) is 17.1. The number of hydrogen-bond acceptors (Lipinski definition) is 5. The topological polar surface area (TPSA) is 84.5 Å². The monoisotopic (exact) mass is 446 g/mol. The Morgan fingerprint density at radius 1 is 1.17 bits per heavy atom. The van der Waals surface area contributed by atoms with Crippen molar-refractivity contribution in [3.8, 4) is 0 Å². The lowest BCUT2D eigenvalue weighted by Crippen LogP contribution is -2.25. The molecule has 0 aliphatic heterocycles. The average molecular weight is 447 g/mol. The second-order valence-electron chi connectivity index (χ2n) is 6.84.